The topological polar surface area (TPSA) is 132 Å². The maximum Gasteiger partial charge on any atom is 0.273 e. The predicted octanol–water partition coefficient (Wildman–Crippen LogP) is 4.05. The van der Waals surface area contributed by atoms with Gasteiger partial charge in [0.15, 0.2) is 11.0 Å². The second kappa shape index (κ2) is 9.86. The number of nitrogens with one attached hydrogen (secondary N) is 1. The molecule has 1 aromatic heterocycles. The van der Waals surface area contributed by atoms with Gasteiger partial charge in [0.25, 0.3) is 5.69 Å². The summed E-state index contributed by atoms with van der Waals surface area (Å²) in [7, 11) is 1.73. The van der Waals surface area contributed by atoms with Gasteiger partial charge in [0.05, 0.1) is 27.5 Å². The van der Waals surface area contributed by atoms with Crippen LogP contribution in [0, 0.1) is 10.1 Å². The van der Waals surface area contributed by atoms with Crippen molar-refractivity contribution < 1.29 is 19.6 Å². The Kier molecular flexibility index (Phi) is 7.21. The minimum atomic E-state index is -0.641. The largest absolute Gasteiger partial charge is 0.506 e. The number of halogens is 2. The summed E-state index contributed by atoms with van der Waals surface area (Å²) in [5.41, 5.74) is -0.207. The molecule has 0 bridgehead atoms. The van der Waals surface area contributed by atoms with Gasteiger partial charge in [-0.2, -0.15) is 0 Å². The molecule has 0 atom stereocenters. The van der Waals surface area contributed by atoms with E-state index in [4.69, 9.17) is 27.9 Å². The second-order valence-corrected chi connectivity index (χ2v) is 7.90. The zero-order valence-electron chi connectivity index (χ0n) is 15.9. The molecule has 0 saturated carbocycles. The van der Waals surface area contributed by atoms with Crippen LogP contribution in [-0.2, 0) is 18.4 Å². The first kappa shape index (κ1) is 22.7. The third kappa shape index (κ3) is 5.78. The van der Waals surface area contributed by atoms with Gasteiger partial charge in [-0.25, -0.2) is 0 Å². The van der Waals surface area contributed by atoms with Crippen LogP contribution in [-0.4, -0.2) is 36.5 Å². The van der Waals surface area contributed by atoms with Gasteiger partial charge in [0.2, 0.25) is 5.91 Å². The number of phenolic OH excluding ortho intramolecular Hbond substituents is 1. The van der Waals surface area contributed by atoms with E-state index < -0.39 is 16.6 Å². The Balaban J connectivity index is 1.56. The maximum absolute atomic E-state index is 12.2. The van der Waals surface area contributed by atoms with E-state index >= 15 is 0 Å². The highest BCUT2D eigenvalue weighted by atomic mass is 35.5. The fraction of sp³-hybridized carbons (Fsp3) is 0.167. The van der Waals surface area contributed by atoms with E-state index in [-0.39, 0.29) is 23.7 Å². The number of aromatic nitrogens is 3. The van der Waals surface area contributed by atoms with Crippen LogP contribution in [0.5, 0.6) is 11.5 Å². The summed E-state index contributed by atoms with van der Waals surface area (Å²) in [6, 6.07) is 8.28. The summed E-state index contributed by atoms with van der Waals surface area (Å²) < 4.78 is 7.31. The van der Waals surface area contributed by atoms with Crippen molar-refractivity contribution >= 4 is 52.2 Å². The monoisotopic (exact) mass is 483 g/mol. The summed E-state index contributed by atoms with van der Waals surface area (Å²) in [5.74, 6) is 0.119. The number of anilines is 1. The van der Waals surface area contributed by atoms with Crippen molar-refractivity contribution in [1.29, 1.82) is 0 Å². The van der Waals surface area contributed by atoms with Crippen molar-refractivity contribution in [3.05, 3.63) is 62.4 Å². The van der Waals surface area contributed by atoms with Crippen LogP contribution in [0.1, 0.15) is 5.82 Å². The van der Waals surface area contributed by atoms with Gasteiger partial charge in [-0.05, 0) is 24.3 Å². The minimum Gasteiger partial charge on any atom is -0.506 e. The molecule has 0 saturated heterocycles. The molecule has 13 heteroatoms. The number of rotatable bonds is 8. The van der Waals surface area contributed by atoms with Crippen molar-refractivity contribution in [3.8, 4) is 11.5 Å². The second-order valence-electron chi connectivity index (χ2n) is 6.12. The van der Waals surface area contributed by atoms with Crippen LogP contribution >= 0.6 is 35.0 Å². The zero-order chi connectivity index (χ0) is 22.5. The van der Waals surface area contributed by atoms with Gasteiger partial charge in [0, 0.05) is 18.1 Å². The first-order valence-corrected chi connectivity index (χ1v) is 10.3. The number of thioether (sulfide) groups is 1. The number of hydrogen-bond acceptors (Lipinski definition) is 8. The predicted molar refractivity (Wildman–Crippen MR) is 116 cm³/mol. The highest BCUT2D eigenvalue weighted by Gasteiger charge is 2.15. The molecule has 0 fully saturated rings. The number of amides is 1. The summed E-state index contributed by atoms with van der Waals surface area (Å²) in [5, 5.41) is 32.4. The van der Waals surface area contributed by atoms with Crippen LogP contribution in [0.25, 0.3) is 0 Å². The van der Waals surface area contributed by atoms with Crippen molar-refractivity contribution in [1.82, 2.24) is 14.8 Å². The number of carbonyl (C=O) groups is 1. The number of hydrogen-bond donors (Lipinski definition) is 2. The molecule has 2 aromatic carbocycles. The molecule has 31 heavy (non-hydrogen) atoms. The molecule has 3 rings (SSSR count). The fourth-order valence-electron chi connectivity index (χ4n) is 2.39. The van der Waals surface area contributed by atoms with Crippen molar-refractivity contribution in [3.63, 3.8) is 0 Å². The van der Waals surface area contributed by atoms with E-state index in [1.54, 1.807) is 29.8 Å². The van der Waals surface area contributed by atoms with E-state index in [0.29, 0.717) is 26.8 Å². The molecule has 0 spiro atoms. The molecule has 1 heterocycles. The molecular weight excluding hydrogens is 469 g/mol. The third-order valence-corrected chi connectivity index (χ3v) is 5.53. The lowest BCUT2D eigenvalue weighted by atomic mass is 10.2. The highest BCUT2D eigenvalue weighted by Crippen LogP contribution is 2.29. The van der Waals surface area contributed by atoms with Gasteiger partial charge in [-0.15, -0.1) is 10.2 Å². The summed E-state index contributed by atoms with van der Waals surface area (Å²) in [6.07, 6.45) is 0. The third-order valence-electron chi connectivity index (χ3n) is 3.97. The average Bonchev–Trinajstić information content (AvgIpc) is 3.06. The Morgan fingerprint density at radius 3 is 2.74 bits per heavy atom. The number of nitro benzene ring substituents is 1. The molecule has 0 aliphatic heterocycles. The highest BCUT2D eigenvalue weighted by molar-refractivity contribution is 7.99. The molecule has 0 unspecified atom stereocenters. The number of nitrogens with zero attached hydrogens (tertiary/aromatic N) is 4. The van der Waals surface area contributed by atoms with Crippen LogP contribution in [0.15, 0.2) is 41.6 Å². The lowest BCUT2D eigenvalue weighted by molar-refractivity contribution is -0.384. The van der Waals surface area contributed by atoms with E-state index in [1.165, 1.54) is 12.1 Å². The molecular formula is C18H15Cl2N5O5S. The minimum absolute atomic E-state index is 0.0216. The zero-order valence-corrected chi connectivity index (χ0v) is 18.2. The number of ether oxygens (including phenoxy) is 1. The molecule has 10 nitrogen and oxygen atoms in total. The van der Waals surface area contributed by atoms with Crippen LogP contribution in [0.2, 0.25) is 10.0 Å². The molecule has 162 valence electrons. The quantitative estimate of drug-likeness (QED) is 0.212. The van der Waals surface area contributed by atoms with Crippen molar-refractivity contribution in [2.75, 3.05) is 11.1 Å². The van der Waals surface area contributed by atoms with E-state index in [0.717, 1.165) is 17.8 Å². The molecule has 0 radical (unpaired) electrons. The summed E-state index contributed by atoms with van der Waals surface area (Å²) in [4.78, 5) is 22.2. The Morgan fingerprint density at radius 2 is 2.06 bits per heavy atom. The van der Waals surface area contributed by atoms with Crippen LogP contribution in [0.4, 0.5) is 11.4 Å². The Hall–Kier alpha value is -3.02. The lowest BCUT2D eigenvalue weighted by Gasteiger charge is -2.09. The van der Waals surface area contributed by atoms with Crippen molar-refractivity contribution in [2.45, 2.75) is 11.8 Å². The number of aromatic hydroxyl groups is 1. The van der Waals surface area contributed by atoms with Gasteiger partial charge >= 0.3 is 0 Å². The first-order chi connectivity index (χ1) is 14.7. The summed E-state index contributed by atoms with van der Waals surface area (Å²) in [6.45, 7) is 0.105. The maximum atomic E-state index is 12.2. The number of non-ortho nitro benzene ring substituents is 1. The Labute approximate surface area is 190 Å². The number of nitro groups is 1. The van der Waals surface area contributed by atoms with Crippen molar-refractivity contribution in [2.24, 2.45) is 7.05 Å². The SMILES string of the molecule is Cn1c(COc2ccc(Cl)cc2Cl)nnc1SCC(=O)Nc1ccc([N+](=O)[O-])cc1O. The van der Waals surface area contributed by atoms with E-state index in [1.807, 2.05) is 0 Å². The number of carbonyl (C=O) groups excluding carboxylic acids is 1. The smallest absolute Gasteiger partial charge is 0.273 e. The van der Waals surface area contributed by atoms with Gasteiger partial charge in [0.1, 0.15) is 18.1 Å². The standard InChI is InChI=1S/C18H15Cl2N5O5S/c1-24-16(8-30-15-5-2-10(19)6-12(15)20)22-23-18(24)31-9-17(27)21-13-4-3-11(25(28)29)7-14(13)26/h2-7,26H,8-9H2,1H3,(H,21,27). The van der Waals surface area contributed by atoms with E-state index in [9.17, 15) is 20.0 Å². The molecule has 1 amide bonds. The fourth-order valence-corrected chi connectivity index (χ4v) is 3.58. The van der Waals surface area contributed by atoms with Gasteiger partial charge in [-0.3, -0.25) is 14.9 Å². The summed E-state index contributed by atoms with van der Waals surface area (Å²) >= 11 is 13.1. The molecule has 3 aromatic rings. The van der Waals surface area contributed by atoms with Crippen LogP contribution < -0.4 is 10.1 Å². The molecule has 2 N–H and O–H groups in total. The van der Waals surface area contributed by atoms with Gasteiger partial charge in [-0.1, -0.05) is 35.0 Å². The lowest BCUT2D eigenvalue weighted by Crippen LogP contribution is -2.14. The Bertz CT molecular complexity index is 1140. The molecule has 0 aliphatic carbocycles. The number of benzene rings is 2. The number of phenols is 1. The van der Waals surface area contributed by atoms with Gasteiger partial charge < -0.3 is 19.7 Å². The van der Waals surface area contributed by atoms with Crippen LogP contribution in [0.3, 0.4) is 0 Å². The molecule has 0 aliphatic rings. The van der Waals surface area contributed by atoms with E-state index in [2.05, 4.69) is 15.5 Å². The average molecular weight is 484 g/mol. The normalized spacial score (nSPS) is 10.7. The first-order valence-electron chi connectivity index (χ1n) is 8.60. The Morgan fingerprint density at radius 1 is 1.29 bits per heavy atom.